The summed E-state index contributed by atoms with van der Waals surface area (Å²) in [6.45, 7) is 1.81. The number of nitrogens with one attached hydrogen (secondary N) is 1. The van der Waals surface area contributed by atoms with Crippen LogP contribution in [0, 0.1) is 30.5 Å². The summed E-state index contributed by atoms with van der Waals surface area (Å²) in [6.07, 6.45) is 5.37. The monoisotopic (exact) mass is 248 g/mol. The number of halogens is 1. The summed E-state index contributed by atoms with van der Waals surface area (Å²) in [4.78, 5) is 0. The number of rotatable bonds is 3. The standard InChI is InChI=1S/C15H21FN2/c1-9-6-12(4-5-14(9)16)15(18-17)13-8-10-2-3-11(13)7-10/h4-6,10-11,13,15,18H,2-3,7-8,17H2,1H3. The van der Waals surface area contributed by atoms with Crippen LogP contribution in [0.2, 0.25) is 0 Å². The first-order chi connectivity index (χ1) is 8.69. The van der Waals surface area contributed by atoms with E-state index in [1.54, 1.807) is 6.07 Å². The molecule has 0 radical (unpaired) electrons. The summed E-state index contributed by atoms with van der Waals surface area (Å²) < 4.78 is 13.3. The molecule has 2 saturated carbocycles. The molecule has 2 aliphatic rings. The Hall–Kier alpha value is -0.930. The molecule has 4 unspecified atom stereocenters. The van der Waals surface area contributed by atoms with Gasteiger partial charge in [0.1, 0.15) is 5.82 Å². The average molecular weight is 248 g/mol. The van der Waals surface area contributed by atoms with Crippen LogP contribution in [0.1, 0.15) is 42.9 Å². The van der Waals surface area contributed by atoms with E-state index in [1.807, 2.05) is 19.1 Å². The molecule has 0 aromatic heterocycles. The van der Waals surface area contributed by atoms with Crippen LogP contribution in [0.5, 0.6) is 0 Å². The Labute approximate surface area is 108 Å². The largest absolute Gasteiger partial charge is 0.271 e. The van der Waals surface area contributed by atoms with Crippen molar-refractivity contribution in [3.63, 3.8) is 0 Å². The van der Waals surface area contributed by atoms with Crippen molar-refractivity contribution in [1.82, 2.24) is 5.43 Å². The van der Waals surface area contributed by atoms with Crippen molar-refractivity contribution in [3.05, 3.63) is 35.1 Å². The van der Waals surface area contributed by atoms with E-state index in [9.17, 15) is 4.39 Å². The van der Waals surface area contributed by atoms with E-state index in [0.29, 0.717) is 11.5 Å². The highest BCUT2D eigenvalue weighted by Crippen LogP contribution is 2.52. The zero-order valence-electron chi connectivity index (χ0n) is 10.8. The van der Waals surface area contributed by atoms with Crippen molar-refractivity contribution < 1.29 is 4.39 Å². The van der Waals surface area contributed by atoms with Gasteiger partial charge in [0.15, 0.2) is 0 Å². The molecule has 0 spiro atoms. The normalized spacial score (nSPS) is 31.8. The fourth-order valence-corrected chi connectivity index (χ4v) is 4.03. The second kappa shape index (κ2) is 4.63. The van der Waals surface area contributed by atoms with E-state index in [4.69, 9.17) is 5.84 Å². The van der Waals surface area contributed by atoms with Crippen LogP contribution >= 0.6 is 0 Å². The lowest BCUT2D eigenvalue weighted by molar-refractivity contribution is 0.252. The molecule has 2 nitrogen and oxygen atoms in total. The van der Waals surface area contributed by atoms with Crippen molar-refractivity contribution in [3.8, 4) is 0 Å². The smallest absolute Gasteiger partial charge is 0.126 e. The molecule has 2 fully saturated rings. The molecule has 0 heterocycles. The Bertz CT molecular complexity index is 446. The molecule has 1 aromatic carbocycles. The minimum atomic E-state index is -0.137. The lowest BCUT2D eigenvalue weighted by Gasteiger charge is -2.30. The number of fused-ring (bicyclic) bond motifs is 2. The van der Waals surface area contributed by atoms with Gasteiger partial charge in [0.25, 0.3) is 0 Å². The first-order valence-electron chi connectivity index (χ1n) is 6.91. The predicted molar refractivity (Wildman–Crippen MR) is 70.1 cm³/mol. The Morgan fingerprint density at radius 3 is 2.72 bits per heavy atom. The molecule has 3 rings (SSSR count). The summed E-state index contributed by atoms with van der Waals surface area (Å²) >= 11 is 0. The Kier molecular flexibility index (Phi) is 3.12. The second-order valence-corrected chi connectivity index (χ2v) is 5.99. The summed E-state index contributed by atoms with van der Waals surface area (Å²) in [5.74, 6) is 7.96. The summed E-state index contributed by atoms with van der Waals surface area (Å²) in [6, 6.07) is 5.55. The van der Waals surface area contributed by atoms with Crippen LogP contribution in [0.25, 0.3) is 0 Å². The molecule has 3 heteroatoms. The maximum Gasteiger partial charge on any atom is 0.126 e. The topological polar surface area (TPSA) is 38.0 Å². The zero-order valence-corrected chi connectivity index (χ0v) is 10.8. The molecule has 2 aliphatic carbocycles. The van der Waals surface area contributed by atoms with Gasteiger partial charge in [-0.15, -0.1) is 0 Å². The molecule has 2 bridgehead atoms. The molecule has 98 valence electrons. The zero-order chi connectivity index (χ0) is 12.7. The van der Waals surface area contributed by atoms with Crippen molar-refractivity contribution in [2.45, 2.75) is 38.6 Å². The number of aryl methyl sites for hydroxylation is 1. The van der Waals surface area contributed by atoms with Crippen LogP contribution in [-0.2, 0) is 0 Å². The van der Waals surface area contributed by atoms with Crippen LogP contribution in [-0.4, -0.2) is 0 Å². The summed E-state index contributed by atoms with van der Waals surface area (Å²) in [5.41, 5.74) is 4.81. The van der Waals surface area contributed by atoms with Crippen molar-refractivity contribution in [2.75, 3.05) is 0 Å². The molecule has 0 saturated heterocycles. The van der Waals surface area contributed by atoms with Crippen molar-refractivity contribution in [1.29, 1.82) is 0 Å². The van der Waals surface area contributed by atoms with E-state index >= 15 is 0 Å². The minimum Gasteiger partial charge on any atom is -0.271 e. The van der Waals surface area contributed by atoms with Gasteiger partial charge in [-0.05, 0) is 61.1 Å². The van der Waals surface area contributed by atoms with Gasteiger partial charge >= 0.3 is 0 Å². The van der Waals surface area contributed by atoms with Gasteiger partial charge < -0.3 is 0 Å². The van der Waals surface area contributed by atoms with Crippen LogP contribution in [0.15, 0.2) is 18.2 Å². The van der Waals surface area contributed by atoms with E-state index in [0.717, 1.165) is 17.4 Å². The van der Waals surface area contributed by atoms with E-state index in [-0.39, 0.29) is 11.9 Å². The van der Waals surface area contributed by atoms with Gasteiger partial charge in [0.2, 0.25) is 0 Å². The lowest BCUT2D eigenvalue weighted by Crippen LogP contribution is -2.35. The number of benzene rings is 1. The highest BCUT2D eigenvalue weighted by atomic mass is 19.1. The fraction of sp³-hybridized carbons (Fsp3) is 0.600. The maximum absolute atomic E-state index is 13.3. The number of hydrazine groups is 1. The highest BCUT2D eigenvalue weighted by Gasteiger charge is 2.43. The first kappa shape index (κ1) is 12.1. The maximum atomic E-state index is 13.3. The van der Waals surface area contributed by atoms with Crippen LogP contribution in [0.4, 0.5) is 4.39 Å². The third-order valence-corrected chi connectivity index (χ3v) is 4.94. The van der Waals surface area contributed by atoms with E-state index < -0.39 is 0 Å². The average Bonchev–Trinajstić information content (AvgIpc) is 2.97. The second-order valence-electron chi connectivity index (χ2n) is 5.99. The van der Waals surface area contributed by atoms with Gasteiger partial charge in [-0.1, -0.05) is 18.6 Å². The Balaban J connectivity index is 1.85. The minimum absolute atomic E-state index is 0.137. The van der Waals surface area contributed by atoms with Crippen molar-refractivity contribution >= 4 is 0 Å². The quantitative estimate of drug-likeness (QED) is 0.637. The van der Waals surface area contributed by atoms with Crippen LogP contribution < -0.4 is 11.3 Å². The first-order valence-corrected chi connectivity index (χ1v) is 6.91. The molecular weight excluding hydrogens is 227 g/mol. The van der Waals surface area contributed by atoms with Gasteiger partial charge in [-0.25, -0.2) is 4.39 Å². The third kappa shape index (κ3) is 1.95. The predicted octanol–water partition coefficient (Wildman–Crippen LogP) is 3.07. The SMILES string of the molecule is Cc1cc(C(NN)C2CC3CCC2C3)ccc1F. The van der Waals surface area contributed by atoms with Gasteiger partial charge in [0, 0.05) is 6.04 Å². The number of nitrogens with two attached hydrogens (primary N) is 1. The fourth-order valence-electron chi connectivity index (χ4n) is 4.03. The molecule has 18 heavy (non-hydrogen) atoms. The van der Waals surface area contributed by atoms with E-state index in [2.05, 4.69) is 5.43 Å². The molecule has 0 amide bonds. The molecule has 3 N–H and O–H groups in total. The Morgan fingerprint density at radius 1 is 1.33 bits per heavy atom. The van der Waals surface area contributed by atoms with E-state index in [1.165, 1.54) is 25.7 Å². The summed E-state index contributed by atoms with van der Waals surface area (Å²) in [5, 5.41) is 0. The summed E-state index contributed by atoms with van der Waals surface area (Å²) in [7, 11) is 0. The van der Waals surface area contributed by atoms with Crippen LogP contribution in [0.3, 0.4) is 0 Å². The number of hydrogen-bond acceptors (Lipinski definition) is 2. The molecule has 1 aromatic rings. The van der Waals surface area contributed by atoms with Gasteiger partial charge in [0.05, 0.1) is 0 Å². The Morgan fingerprint density at radius 2 is 2.17 bits per heavy atom. The third-order valence-electron chi connectivity index (χ3n) is 4.94. The lowest BCUT2D eigenvalue weighted by atomic mass is 9.80. The molecule has 4 atom stereocenters. The highest BCUT2D eigenvalue weighted by molar-refractivity contribution is 5.27. The van der Waals surface area contributed by atoms with Gasteiger partial charge in [-0.2, -0.15) is 0 Å². The number of hydrogen-bond donors (Lipinski definition) is 2. The molecular formula is C15H21FN2. The van der Waals surface area contributed by atoms with Gasteiger partial charge in [-0.3, -0.25) is 11.3 Å². The van der Waals surface area contributed by atoms with Crippen molar-refractivity contribution in [2.24, 2.45) is 23.6 Å². The molecule has 0 aliphatic heterocycles.